The number of hydrogen-bond acceptors (Lipinski definition) is 4. The van der Waals surface area contributed by atoms with E-state index in [1.165, 1.54) is 12.1 Å². The highest BCUT2D eigenvalue weighted by Gasteiger charge is 2.15. The minimum absolute atomic E-state index is 0.0526. The molecule has 0 bridgehead atoms. The van der Waals surface area contributed by atoms with Crippen molar-refractivity contribution in [1.82, 2.24) is 9.97 Å². The van der Waals surface area contributed by atoms with Crippen molar-refractivity contribution in [3.05, 3.63) is 54.8 Å². The maximum atomic E-state index is 11.9. The Morgan fingerprint density at radius 1 is 1.25 bits per heavy atom. The van der Waals surface area contributed by atoms with Crippen LogP contribution in [0.3, 0.4) is 0 Å². The Morgan fingerprint density at radius 2 is 1.95 bits per heavy atom. The smallest absolute Gasteiger partial charge is 0.325 e. The zero-order valence-corrected chi connectivity index (χ0v) is 11.2. The summed E-state index contributed by atoms with van der Waals surface area (Å²) in [4.78, 5) is 38.2. The monoisotopic (exact) mass is 315 g/mol. The van der Waals surface area contributed by atoms with Gasteiger partial charge in [-0.05, 0) is 12.1 Å². The number of phenols is 1. The SMILES string of the molecule is O=C(Nc1cc(Cl)cc(Cl)c1O)c1c[nH]c(=O)[nH]c1=O. The molecule has 7 nitrogen and oxygen atoms in total. The quantitative estimate of drug-likeness (QED) is 0.626. The van der Waals surface area contributed by atoms with Crippen molar-refractivity contribution in [2.24, 2.45) is 0 Å². The molecule has 1 aromatic heterocycles. The van der Waals surface area contributed by atoms with E-state index >= 15 is 0 Å². The standard InChI is InChI=1S/C11H7Cl2N3O4/c12-4-1-6(13)8(17)7(2-4)15-9(18)5-3-14-11(20)16-10(5)19/h1-3,17H,(H,15,18)(H2,14,16,19,20). The molecule has 0 unspecified atom stereocenters. The van der Waals surface area contributed by atoms with Crippen LogP contribution in [-0.4, -0.2) is 21.0 Å². The van der Waals surface area contributed by atoms with Gasteiger partial charge in [-0.15, -0.1) is 0 Å². The van der Waals surface area contributed by atoms with Gasteiger partial charge in [-0.3, -0.25) is 14.6 Å². The second-order valence-electron chi connectivity index (χ2n) is 3.72. The summed E-state index contributed by atoms with van der Waals surface area (Å²) in [5.41, 5.74) is -1.99. The fourth-order valence-corrected chi connectivity index (χ4v) is 1.92. The van der Waals surface area contributed by atoms with Crippen LogP contribution in [0, 0.1) is 0 Å². The predicted molar refractivity (Wildman–Crippen MR) is 73.8 cm³/mol. The van der Waals surface area contributed by atoms with E-state index in [9.17, 15) is 19.5 Å². The summed E-state index contributed by atoms with van der Waals surface area (Å²) >= 11 is 11.4. The van der Waals surface area contributed by atoms with Gasteiger partial charge >= 0.3 is 5.69 Å². The lowest BCUT2D eigenvalue weighted by Gasteiger charge is -2.08. The lowest BCUT2D eigenvalue weighted by molar-refractivity contribution is 0.102. The largest absolute Gasteiger partial charge is 0.504 e. The van der Waals surface area contributed by atoms with Crippen molar-refractivity contribution in [3.63, 3.8) is 0 Å². The third-order valence-electron chi connectivity index (χ3n) is 2.34. The van der Waals surface area contributed by atoms with Crippen LogP contribution >= 0.6 is 23.2 Å². The van der Waals surface area contributed by atoms with E-state index in [1.807, 2.05) is 4.98 Å². The molecular formula is C11H7Cl2N3O4. The molecule has 0 radical (unpaired) electrons. The summed E-state index contributed by atoms with van der Waals surface area (Å²) in [6.45, 7) is 0. The summed E-state index contributed by atoms with van der Waals surface area (Å²) in [5, 5.41) is 12.1. The molecule has 9 heteroatoms. The number of anilines is 1. The molecule has 104 valence electrons. The molecule has 0 atom stereocenters. The minimum atomic E-state index is -0.862. The number of carbonyl (C=O) groups excluding carboxylic acids is 1. The Labute approximate surface area is 121 Å². The van der Waals surface area contributed by atoms with Crippen LogP contribution in [0.25, 0.3) is 0 Å². The minimum Gasteiger partial charge on any atom is -0.504 e. The number of carbonyl (C=O) groups is 1. The summed E-state index contributed by atoms with van der Waals surface area (Å²) < 4.78 is 0. The highest BCUT2D eigenvalue weighted by Crippen LogP contribution is 2.35. The average Bonchev–Trinajstić information content (AvgIpc) is 2.35. The zero-order valence-electron chi connectivity index (χ0n) is 9.66. The maximum absolute atomic E-state index is 11.9. The first-order chi connectivity index (χ1) is 9.38. The Bertz CT molecular complexity index is 797. The van der Waals surface area contributed by atoms with E-state index in [0.29, 0.717) is 0 Å². The van der Waals surface area contributed by atoms with Gasteiger partial charge in [-0.25, -0.2) is 4.79 Å². The molecule has 1 aromatic carbocycles. The number of H-pyrrole nitrogens is 2. The zero-order chi connectivity index (χ0) is 14.9. The number of amides is 1. The Kier molecular flexibility index (Phi) is 3.82. The molecule has 20 heavy (non-hydrogen) atoms. The third-order valence-corrected chi connectivity index (χ3v) is 2.85. The van der Waals surface area contributed by atoms with E-state index in [2.05, 4.69) is 10.3 Å². The maximum Gasteiger partial charge on any atom is 0.325 e. The van der Waals surface area contributed by atoms with Crippen LogP contribution in [0.15, 0.2) is 27.9 Å². The average molecular weight is 316 g/mol. The van der Waals surface area contributed by atoms with Crippen molar-refractivity contribution in [1.29, 1.82) is 0 Å². The van der Waals surface area contributed by atoms with Crippen molar-refractivity contribution in [3.8, 4) is 5.75 Å². The normalized spacial score (nSPS) is 10.3. The van der Waals surface area contributed by atoms with Gasteiger partial charge in [0, 0.05) is 11.2 Å². The molecule has 0 aliphatic heterocycles. The molecule has 0 aliphatic carbocycles. The van der Waals surface area contributed by atoms with Crippen molar-refractivity contribution >= 4 is 34.8 Å². The Balaban J connectivity index is 2.37. The van der Waals surface area contributed by atoms with E-state index in [1.54, 1.807) is 0 Å². The van der Waals surface area contributed by atoms with Gasteiger partial charge in [0.15, 0.2) is 5.75 Å². The van der Waals surface area contributed by atoms with Gasteiger partial charge in [0.25, 0.3) is 11.5 Å². The Hall–Kier alpha value is -2.25. The predicted octanol–water partition coefficient (Wildman–Crippen LogP) is 1.33. The summed E-state index contributed by atoms with van der Waals surface area (Å²) in [5.74, 6) is -1.22. The topological polar surface area (TPSA) is 115 Å². The van der Waals surface area contributed by atoms with Gasteiger partial charge in [0.2, 0.25) is 0 Å². The number of halogens is 2. The Morgan fingerprint density at radius 3 is 2.60 bits per heavy atom. The van der Waals surface area contributed by atoms with Crippen LogP contribution in [0.2, 0.25) is 10.0 Å². The van der Waals surface area contributed by atoms with E-state index < -0.39 is 17.2 Å². The molecule has 0 saturated heterocycles. The number of phenolic OH excluding ortho intramolecular Hbond substituents is 1. The second kappa shape index (κ2) is 5.40. The van der Waals surface area contributed by atoms with Crippen LogP contribution in [0.5, 0.6) is 5.75 Å². The highest BCUT2D eigenvalue weighted by atomic mass is 35.5. The highest BCUT2D eigenvalue weighted by molar-refractivity contribution is 6.36. The molecule has 2 aromatic rings. The molecule has 4 N–H and O–H groups in total. The number of nitrogens with one attached hydrogen (secondary N) is 3. The van der Waals surface area contributed by atoms with Crippen molar-refractivity contribution in [2.75, 3.05) is 5.32 Å². The van der Waals surface area contributed by atoms with Gasteiger partial charge < -0.3 is 15.4 Å². The van der Waals surface area contributed by atoms with Crippen LogP contribution in [0.1, 0.15) is 10.4 Å². The molecule has 0 spiro atoms. The van der Waals surface area contributed by atoms with Gasteiger partial charge in [-0.2, -0.15) is 0 Å². The first-order valence-corrected chi connectivity index (χ1v) is 5.95. The molecule has 1 amide bonds. The summed E-state index contributed by atoms with van der Waals surface area (Å²) in [7, 11) is 0. The van der Waals surface area contributed by atoms with Crippen LogP contribution in [-0.2, 0) is 0 Å². The summed E-state index contributed by atoms with van der Waals surface area (Å²) in [6.07, 6.45) is 0.958. The van der Waals surface area contributed by atoms with Crippen molar-refractivity contribution in [2.45, 2.75) is 0 Å². The van der Waals surface area contributed by atoms with Gasteiger partial charge in [0.05, 0.1) is 10.7 Å². The number of aromatic hydroxyl groups is 1. The number of aromatic nitrogens is 2. The van der Waals surface area contributed by atoms with E-state index in [4.69, 9.17) is 23.2 Å². The lowest BCUT2D eigenvalue weighted by atomic mass is 10.2. The van der Waals surface area contributed by atoms with Gasteiger partial charge in [-0.1, -0.05) is 23.2 Å². The third kappa shape index (κ3) is 2.84. The number of rotatable bonds is 2. The first kappa shape index (κ1) is 14.2. The molecule has 0 saturated carbocycles. The molecular weight excluding hydrogens is 309 g/mol. The fraction of sp³-hybridized carbons (Fsp3) is 0. The van der Waals surface area contributed by atoms with Crippen LogP contribution in [0.4, 0.5) is 5.69 Å². The first-order valence-electron chi connectivity index (χ1n) is 5.20. The van der Waals surface area contributed by atoms with E-state index in [0.717, 1.165) is 6.20 Å². The second-order valence-corrected chi connectivity index (χ2v) is 4.57. The molecule has 1 heterocycles. The number of benzene rings is 1. The summed E-state index contributed by atoms with van der Waals surface area (Å²) in [6, 6.07) is 2.56. The lowest BCUT2D eigenvalue weighted by Crippen LogP contribution is -2.29. The fourth-order valence-electron chi connectivity index (χ4n) is 1.43. The van der Waals surface area contributed by atoms with Gasteiger partial charge in [0.1, 0.15) is 5.56 Å². The molecule has 0 aliphatic rings. The van der Waals surface area contributed by atoms with Crippen molar-refractivity contribution < 1.29 is 9.90 Å². The van der Waals surface area contributed by atoms with Crippen LogP contribution < -0.4 is 16.6 Å². The number of aromatic amines is 2. The van der Waals surface area contributed by atoms with E-state index in [-0.39, 0.29) is 27.0 Å². The number of hydrogen-bond donors (Lipinski definition) is 4. The molecule has 0 fully saturated rings. The molecule has 2 rings (SSSR count).